The summed E-state index contributed by atoms with van der Waals surface area (Å²) in [4.78, 5) is 12.5. The van der Waals surface area contributed by atoms with Crippen LogP contribution in [0.3, 0.4) is 0 Å². The average molecular weight is 321 g/mol. The Balaban J connectivity index is 0.00000176. The summed E-state index contributed by atoms with van der Waals surface area (Å²) in [6.45, 7) is 3.75. The summed E-state index contributed by atoms with van der Waals surface area (Å²) < 4.78 is 1.78. The van der Waals surface area contributed by atoms with Gasteiger partial charge in [-0.1, -0.05) is 6.07 Å². The Morgan fingerprint density at radius 1 is 1.41 bits per heavy atom. The first-order valence-electron chi connectivity index (χ1n) is 7.30. The fourth-order valence-corrected chi connectivity index (χ4v) is 2.68. The van der Waals surface area contributed by atoms with Gasteiger partial charge in [0.1, 0.15) is 0 Å². The molecule has 1 fully saturated rings. The molecule has 1 aliphatic heterocycles. The Hall–Kier alpha value is -1.85. The quantitative estimate of drug-likeness (QED) is 0.914. The fourth-order valence-electron chi connectivity index (χ4n) is 2.68. The Morgan fingerprint density at radius 2 is 2.27 bits per heavy atom. The van der Waals surface area contributed by atoms with Crippen molar-refractivity contribution in [3.8, 4) is 5.69 Å². The van der Waals surface area contributed by atoms with Crippen molar-refractivity contribution >= 4 is 24.0 Å². The van der Waals surface area contributed by atoms with Crippen LogP contribution in [0.4, 0.5) is 5.69 Å². The van der Waals surface area contributed by atoms with Gasteiger partial charge in [-0.15, -0.1) is 12.4 Å². The lowest BCUT2D eigenvalue weighted by Gasteiger charge is -2.32. The fraction of sp³-hybridized carbons (Fsp3) is 0.375. The third-order valence-corrected chi connectivity index (χ3v) is 4.02. The van der Waals surface area contributed by atoms with Crippen LogP contribution < -0.4 is 10.6 Å². The topological polar surface area (TPSA) is 59.0 Å². The third-order valence-electron chi connectivity index (χ3n) is 4.02. The molecule has 2 aromatic rings. The lowest BCUT2D eigenvalue weighted by Crippen LogP contribution is -2.46. The Morgan fingerprint density at radius 3 is 2.95 bits per heavy atom. The molecule has 5 nitrogen and oxygen atoms in total. The van der Waals surface area contributed by atoms with Crippen LogP contribution in [-0.4, -0.2) is 28.8 Å². The van der Waals surface area contributed by atoms with E-state index in [1.54, 1.807) is 10.9 Å². The smallest absolute Gasteiger partial charge is 0.231 e. The highest BCUT2D eigenvalue weighted by Gasteiger charge is 2.34. The minimum Gasteiger partial charge on any atom is -0.326 e. The van der Waals surface area contributed by atoms with Gasteiger partial charge >= 0.3 is 0 Å². The predicted octanol–water partition coefficient (Wildman–Crippen LogP) is 2.62. The minimum atomic E-state index is -0.333. The van der Waals surface area contributed by atoms with Crippen molar-refractivity contribution in [1.29, 1.82) is 0 Å². The van der Waals surface area contributed by atoms with Crippen LogP contribution in [0.15, 0.2) is 42.7 Å². The van der Waals surface area contributed by atoms with Gasteiger partial charge < -0.3 is 10.6 Å². The first-order valence-corrected chi connectivity index (χ1v) is 7.30. The summed E-state index contributed by atoms with van der Waals surface area (Å²) in [6.07, 6.45) is 5.58. The molecule has 118 valence electrons. The van der Waals surface area contributed by atoms with E-state index in [1.807, 2.05) is 43.5 Å². The molecule has 1 amide bonds. The maximum absolute atomic E-state index is 12.5. The summed E-state index contributed by atoms with van der Waals surface area (Å²) in [5.41, 5.74) is 1.41. The number of aromatic nitrogens is 2. The van der Waals surface area contributed by atoms with E-state index in [9.17, 15) is 4.79 Å². The molecule has 2 heterocycles. The second kappa shape index (κ2) is 6.94. The second-order valence-corrected chi connectivity index (χ2v) is 5.80. The summed E-state index contributed by atoms with van der Waals surface area (Å²) >= 11 is 0. The first-order chi connectivity index (χ1) is 10.2. The van der Waals surface area contributed by atoms with Gasteiger partial charge in [-0.25, -0.2) is 4.68 Å². The summed E-state index contributed by atoms with van der Waals surface area (Å²) in [7, 11) is 0. The summed E-state index contributed by atoms with van der Waals surface area (Å²) in [5.74, 6) is 0.0762. The number of nitrogens with one attached hydrogen (secondary N) is 2. The van der Waals surface area contributed by atoms with Crippen molar-refractivity contribution in [3.05, 3.63) is 42.7 Å². The summed E-state index contributed by atoms with van der Waals surface area (Å²) in [6, 6.07) is 9.61. The number of rotatable bonds is 3. The SMILES string of the molecule is CC1(C(=O)Nc2cccc(-n3cccn3)c2)CCCNC1.Cl. The molecule has 1 aliphatic rings. The molecule has 6 heteroatoms. The highest BCUT2D eigenvalue weighted by atomic mass is 35.5. The molecule has 0 aliphatic carbocycles. The average Bonchev–Trinajstić information content (AvgIpc) is 3.02. The zero-order valence-electron chi connectivity index (χ0n) is 12.6. The number of carbonyl (C=O) groups excluding carboxylic acids is 1. The van der Waals surface area contributed by atoms with Crippen LogP contribution in [0.1, 0.15) is 19.8 Å². The molecule has 0 radical (unpaired) electrons. The van der Waals surface area contributed by atoms with Gasteiger partial charge in [-0.05, 0) is 50.6 Å². The van der Waals surface area contributed by atoms with Crippen LogP contribution in [0.5, 0.6) is 0 Å². The largest absolute Gasteiger partial charge is 0.326 e. The number of hydrogen-bond donors (Lipinski definition) is 2. The zero-order chi connectivity index (χ0) is 14.7. The van der Waals surface area contributed by atoms with E-state index in [-0.39, 0.29) is 23.7 Å². The normalized spacial score (nSPS) is 21.0. The Labute approximate surface area is 136 Å². The summed E-state index contributed by atoms with van der Waals surface area (Å²) in [5, 5.41) is 10.5. The highest BCUT2D eigenvalue weighted by molar-refractivity contribution is 5.95. The molecule has 1 saturated heterocycles. The van der Waals surface area contributed by atoms with Crippen molar-refractivity contribution in [2.45, 2.75) is 19.8 Å². The van der Waals surface area contributed by atoms with Gasteiger partial charge in [0, 0.05) is 24.6 Å². The minimum absolute atomic E-state index is 0. The maximum Gasteiger partial charge on any atom is 0.231 e. The third kappa shape index (κ3) is 3.48. The van der Waals surface area contributed by atoms with Crippen molar-refractivity contribution < 1.29 is 4.79 Å². The van der Waals surface area contributed by atoms with Crippen molar-refractivity contribution in [2.24, 2.45) is 5.41 Å². The van der Waals surface area contributed by atoms with Crippen LogP contribution >= 0.6 is 12.4 Å². The second-order valence-electron chi connectivity index (χ2n) is 5.80. The van der Waals surface area contributed by atoms with Crippen molar-refractivity contribution in [3.63, 3.8) is 0 Å². The molecule has 3 rings (SSSR count). The van der Waals surface area contributed by atoms with E-state index in [0.717, 1.165) is 37.3 Å². The number of piperidine rings is 1. The maximum atomic E-state index is 12.5. The molecule has 1 atom stereocenters. The molecular formula is C16H21ClN4O. The number of amides is 1. The molecule has 2 N–H and O–H groups in total. The first kappa shape index (κ1) is 16.5. The van der Waals surface area contributed by atoms with E-state index in [2.05, 4.69) is 15.7 Å². The Bertz CT molecular complexity index is 621. The number of nitrogens with zero attached hydrogens (tertiary/aromatic N) is 2. The molecule has 0 saturated carbocycles. The van der Waals surface area contributed by atoms with Crippen LogP contribution in [0, 0.1) is 5.41 Å². The number of benzene rings is 1. The lowest BCUT2D eigenvalue weighted by atomic mass is 9.82. The lowest BCUT2D eigenvalue weighted by molar-refractivity contribution is -0.125. The number of halogens is 1. The number of anilines is 1. The van der Waals surface area contributed by atoms with Gasteiger partial charge in [0.15, 0.2) is 0 Å². The number of carbonyl (C=O) groups is 1. The van der Waals surface area contributed by atoms with E-state index in [0.29, 0.717) is 0 Å². The number of hydrogen-bond acceptors (Lipinski definition) is 3. The van der Waals surface area contributed by atoms with Crippen molar-refractivity contribution in [2.75, 3.05) is 18.4 Å². The van der Waals surface area contributed by atoms with Crippen LogP contribution in [0.2, 0.25) is 0 Å². The monoisotopic (exact) mass is 320 g/mol. The molecule has 1 aromatic carbocycles. The van der Waals surface area contributed by atoms with Gasteiger partial charge in [0.2, 0.25) is 5.91 Å². The Kier molecular flexibility index (Phi) is 5.21. The standard InChI is InChI=1S/C16H20N4O.ClH/c1-16(7-3-8-17-12-16)15(21)19-13-5-2-6-14(11-13)20-10-4-9-18-20;/h2,4-6,9-11,17H,3,7-8,12H2,1H3,(H,19,21);1H. The van der Waals surface area contributed by atoms with E-state index < -0.39 is 0 Å². The van der Waals surface area contributed by atoms with E-state index in [4.69, 9.17) is 0 Å². The van der Waals surface area contributed by atoms with Gasteiger partial charge in [-0.2, -0.15) is 5.10 Å². The molecule has 1 aromatic heterocycles. The molecule has 1 unspecified atom stereocenters. The zero-order valence-corrected chi connectivity index (χ0v) is 13.4. The van der Waals surface area contributed by atoms with E-state index in [1.165, 1.54) is 0 Å². The molecule has 22 heavy (non-hydrogen) atoms. The molecular weight excluding hydrogens is 300 g/mol. The highest BCUT2D eigenvalue weighted by Crippen LogP contribution is 2.27. The van der Waals surface area contributed by atoms with Gasteiger partial charge in [-0.3, -0.25) is 4.79 Å². The van der Waals surface area contributed by atoms with Gasteiger partial charge in [0.05, 0.1) is 11.1 Å². The van der Waals surface area contributed by atoms with Crippen molar-refractivity contribution in [1.82, 2.24) is 15.1 Å². The molecule has 0 spiro atoms. The van der Waals surface area contributed by atoms with Gasteiger partial charge in [0.25, 0.3) is 0 Å². The predicted molar refractivity (Wildman–Crippen MR) is 89.7 cm³/mol. The van der Waals surface area contributed by atoms with Crippen LogP contribution in [0.25, 0.3) is 5.69 Å². The van der Waals surface area contributed by atoms with E-state index >= 15 is 0 Å². The van der Waals surface area contributed by atoms with Crippen LogP contribution in [-0.2, 0) is 4.79 Å². The molecule has 0 bridgehead atoms.